The number of hydrogen-bond donors (Lipinski definition) is 2. The van der Waals surface area contributed by atoms with E-state index >= 15 is 0 Å². The lowest BCUT2D eigenvalue weighted by Crippen LogP contribution is -2.39. The molecule has 6 heteroatoms. The second-order valence-corrected chi connectivity index (χ2v) is 4.71. The van der Waals surface area contributed by atoms with Crippen molar-refractivity contribution in [3.05, 3.63) is 0 Å². The summed E-state index contributed by atoms with van der Waals surface area (Å²) in [5.74, 6) is -1.84. The first-order chi connectivity index (χ1) is 8.32. The Kier molecular flexibility index (Phi) is 8.32. The molecule has 0 spiro atoms. The number of nitrogens with two attached hydrogens (primary N) is 1. The molecule has 0 rings (SSSR count). The number of carboxylic acid groups (broad SMARTS) is 1. The van der Waals surface area contributed by atoms with E-state index in [4.69, 9.17) is 15.6 Å². The van der Waals surface area contributed by atoms with Crippen molar-refractivity contribution in [1.82, 2.24) is 4.90 Å². The Hall–Kier alpha value is -1.14. The van der Waals surface area contributed by atoms with Gasteiger partial charge in [0.25, 0.3) is 0 Å². The zero-order valence-corrected chi connectivity index (χ0v) is 11.4. The number of aliphatic carboxylic acids is 1. The van der Waals surface area contributed by atoms with Gasteiger partial charge in [0.15, 0.2) is 0 Å². The lowest BCUT2D eigenvalue weighted by Gasteiger charge is -2.22. The summed E-state index contributed by atoms with van der Waals surface area (Å²) >= 11 is 0. The summed E-state index contributed by atoms with van der Waals surface area (Å²) in [4.78, 5) is 23.4. The molecule has 1 atom stereocenters. The van der Waals surface area contributed by atoms with Gasteiger partial charge in [0.2, 0.25) is 5.91 Å². The van der Waals surface area contributed by atoms with Crippen LogP contribution in [0.25, 0.3) is 0 Å². The van der Waals surface area contributed by atoms with Gasteiger partial charge in [-0.3, -0.25) is 14.5 Å². The van der Waals surface area contributed by atoms with Gasteiger partial charge in [0.05, 0.1) is 18.6 Å². The van der Waals surface area contributed by atoms with Crippen LogP contribution in [0.15, 0.2) is 0 Å². The van der Waals surface area contributed by atoms with Crippen LogP contribution in [-0.4, -0.2) is 54.2 Å². The molecule has 0 aliphatic carbocycles. The van der Waals surface area contributed by atoms with E-state index in [1.165, 1.54) is 0 Å². The molecule has 0 bridgehead atoms. The van der Waals surface area contributed by atoms with Gasteiger partial charge in [0, 0.05) is 19.7 Å². The number of carbonyl (C=O) groups is 2. The van der Waals surface area contributed by atoms with Crippen LogP contribution in [0.1, 0.15) is 27.2 Å². The van der Waals surface area contributed by atoms with Crippen molar-refractivity contribution < 1.29 is 19.4 Å². The molecule has 0 aromatic heterocycles. The normalized spacial score (nSPS) is 12.9. The highest BCUT2D eigenvalue weighted by Gasteiger charge is 2.17. The zero-order chi connectivity index (χ0) is 14.1. The summed E-state index contributed by atoms with van der Waals surface area (Å²) in [5, 5.41) is 8.84. The molecule has 6 nitrogen and oxygen atoms in total. The summed E-state index contributed by atoms with van der Waals surface area (Å²) in [7, 11) is 0. The Balaban J connectivity index is 4.06. The maximum atomic E-state index is 10.9. The van der Waals surface area contributed by atoms with Gasteiger partial charge in [-0.25, -0.2) is 0 Å². The van der Waals surface area contributed by atoms with Crippen LogP contribution in [0.5, 0.6) is 0 Å². The van der Waals surface area contributed by atoms with E-state index in [2.05, 4.69) is 0 Å². The molecule has 0 aromatic carbocycles. The van der Waals surface area contributed by atoms with E-state index in [9.17, 15) is 9.59 Å². The van der Waals surface area contributed by atoms with Gasteiger partial charge in [-0.05, 0) is 20.3 Å². The van der Waals surface area contributed by atoms with Crippen LogP contribution in [0, 0.1) is 5.92 Å². The molecule has 0 saturated carbocycles. The van der Waals surface area contributed by atoms with Gasteiger partial charge in [0.1, 0.15) is 0 Å². The fourth-order valence-electron chi connectivity index (χ4n) is 1.53. The van der Waals surface area contributed by atoms with Crippen molar-refractivity contribution in [1.29, 1.82) is 0 Å². The minimum atomic E-state index is -0.872. The van der Waals surface area contributed by atoms with Gasteiger partial charge >= 0.3 is 5.97 Å². The number of ether oxygens (including phenoxy) is 1. The Labute approximate surface area is 108 Å². The molecule has 3 N–H and O–H groups in total. The lowest BCUT2D eigenvalue weighted by molar-refractivity contribution is -0.142. The Morgan fingerprint density at radius 1 is 1.33 bits per heavy atom. The SMILES string of the molecule is CC(C)OCCCN(CC(N)=O)CC(C)C(=O)O. The van der Waals surface area contributed by atoms with Gasteiger partial charge in [-0.2, -0.15) is 0 Å². The van der Waals surface area contributed by atoms with Crippen LogP contribution < -0.4 is 5.73 Å². The fraction of sp³-hybridized carbons (Fsp3) is 0.833. The second kappa shape index (κ2) is 8.88. The first kappa shape index (κ1) is 16.9. The third-order valence-electron chi connectivity index (χ3n) is 2.40. The van der Waals surface area contributed by atoms with Crippen molar-refractivity contribution in [2.75, 3.05) is 26.2 Å². The first-order valence-electron chi connectivity index (χ1n) is 6.18. The summed E-state index contributed by atoms with van der Waals surface area (Å²) < 4.78 is 5.39. The van der Waals surface area contributed by atoms with E-state index in [-0.39, 0.29) is 12.6 Å². The van der Waals surface area contributed by atoms with Crippen LogP contribution in [0.2, 0.25) is 0 Å². The topological polar surface area (TPSA) is 92.9 Å². The molecule has 0 aliphatic heterocycles. The maximum absolute atomic E-state index is 10.9. The third-order valence-corrected chi connectivity index (χ3v) is 2.40. The average molecular weight is 260 g/mol. The summed E-state index contributed by atoms with van der Waals surface area (Å²) in [6.45, 7) is 7.11. The number of primary amides is 1. The van der Waals surface area contributed by atoms with Crippen LogP contribution >= 0.6 is 0 Å². The maximum Gasteiger partial charge on any atom is 0.307 e. The predicted molar refractivity (Wildman–Crippen MR) is 68.1 cm³/mol. The molecule has 1 amide bonds. The third kappa shape index (κ3) is 8.95. The fourth-order valence-corrected chi connectivity index (χ4v) is 1.53. The molecule has 0 fully saturated rings. The number of carboxylic acids is 1. The summed E-state index contributed by atoms with van der Waals surface area (Å²) in [6.07, 6.45) is 0.921. The van der Waals surface area contributed by atoms with E-state index in [0.29, 0.717) is 19.7 Å². The van der Waals surface area contributed by atoms with Crippen molar-refractivity contribution >= 4 is 11.9 Å². The molecular weight excluding hydrogens is 236 g/mol. The van der Waals surface area contributed by atoms with Gasteiger partial charge < -0.3 is 15.6 Å². The molecule has 0 radical (unpaired) electrons. The standard InChI is InChI=1S/C12H24N2O4/c1-9(2)18-6-4-5-14(8-11(13)15)7-10(3)12(16)17/h9-10H,4-8H2,1-3H3,(H2,13,15)(H,16,17). The highest BCUT2D eigenvalue weighted by atomic mass is 16.5. The van der Waals surface area contributed by atoms with E-state index in [1.807, 2.05) is 13.8 Å². The number of carbonyl (C=O) groups excluding carboxylic acids is 1. The Morgan fingerprint density at radius 3 is 2.39 bits per heavy atom. The smallest absolute Gasteiger partial charge is 0.307 e. The number of amides is 1. The van der Waals surface area contributed by atoms with E-state index in [1.54, 1.807) is 11.8 Å². The summed E-state index contributed by atoms with van der Waals surface area (Å²) in [5.41, 5.74) is 5.14. The average Bonchev–Trinajstić information content (AvgIpc) is 2.22. The largest absolute Gasteiger partial charge is 0.481 e. The molecule has 0 aliphatic rings. The van der Waals surface area contributed by atoms with Gasteiger partial charge in [-0.15, -0.1) is 0 Å². The number of nitrogens with zero attached hydrogens (tertiary/aromatic N) is 1. The molecule has 18 heavy (non-hydrogen) atoms. The van der Waals surface area contributed by atoms with Crippen LogP contribution in [0.4, 0.5) is 0 Å². The van der Waals surface area contributed by atoms with Crippen LogP contribution in [0.3, 0.4) is 0 Å². The monoisotopic (exact) mass is 260 g/mol. The summed E-state index contributed by atoms with van der Waals surface area (Å²) in [6, 6.07) is 0. The molecule has 106 valence electrons. The Bertz CT molecular complexity index is 269. The van der Waals surface area contributed by atoms with E-state index in [0.717, 1.165) is 6.42 Å². The Morgan fingerprint density at radius 2 is 1.94 bits per heavy atom. The first-order valence-corrected chi connectivity index (χ1v) is 6.18. The molecule has 0 aromatic rings. The molecule has 0 heterocycles. The van der Waals surface area contributed by atoms with Crippen LogP contribution in [-0.2, 0) is 14.3 Å². The van der Waals surface area contributed by atoms with Crippen molar-refractivity contribution in [3.63, 3.8) is 0 Å². The second-order valence-electron chi connectivity index (χ2n) is 4.71. The minimum Gasteiger partial charge on any atom is -0.481 e. The quantitative estimate of drug-likeness (QED) is 0.551. The zero-order valence-electron chi connectivity index (χ0n) is 11.4. The molecule has 0 saturated heterocycles. The van der Waals surface area contributed by atoms with Crippen molar-refractivity contribution in [2.45, 2.75) is 33.3 Å². The van der Waals surface area contributed by atoms with E-state index < -0.39 is 17.8 Å². The number of hydrogen-bond acceptors (Lipinski definition) is 4. The van der Waals surface area contributed by atoms with Gasteiger partial charge in [-0.1, -0.05) is 6.92 Å². The number of rotatable bonds is 10. The highest BCUT2D eigenvalue weighted by molar-refractivity contribution is 5.76. The minimum absolute atomic E-state index is 0.0826. The lowest BCUT2D eigenvalue weighted by atomic mass is 10.1. The molecular formula is C12H24N2O4. The predicted octanol–water partition coefficient (Wildman–Crippen LogP) is 0.310. The highest BCUT2D eigenvalue weighted by Crippen LogP contribution is 2.02. The van der Waals surface area contributed by atoms with Crippen molar-refractivity contribution in [3.8, 4) is 0 Å². The molecule has 1 unspecified atom stereocenters. The van der Waals surface area contributed by atoms with Crippen molar-refractivity contribution in [2.24, 2.45) is 11.7 Å².